The third-order valence-electron chi connectivity index (χ3n) is 3.91. The van der Waals surface area contributed by atoms with Gasteiger partial charge in [-0.05, 0) is 36.4 Å². The number of benzene rings is 1. The molecule has 4 rings (SSSR count). The van der Waals surface area contributed by atoms with Crippen LogP contribution in [0.2, 0.25) is 0 Å². The van der Waals surface area contributed by atoms with E-state index in [0.717, 1.165) is 28.2 Å². The topological polar surface area (TPSA) is 64.2 Å². The van der Waals surface area contributed by atoms with Crippen LogP contribution in [0, 0.1) is 0 Å². The number of carbonyl (C=O) groups is 1. The van der Waals surface area contributed by atoms with E-state index >= 15 is 0 Å². The SMILES string of the molecule is C=NN1C(=O)C(=Cc2ccc[nH]2)c2c(-c3ccc[nH]3)cccc21. The summed E-state index contributed by atoms with van der Waals surface area (Å²) in [5.41, 5.74) is 4.99. The van der Waals surface area contributed by atoms with Crippen molar-refractivity contribution in [3.8, 4) is 11.3 Å². The molecule has 112 valence electrons. The summed E-state index contributed by atoms with van der Waals surface area (Å²) >= 11 is 0. The van der Waals surface area contributed by atoms with Gasteiger partial charge in [0.25, 0.3) is 5.91 Å². The number of hydrogen-bond donors (Lipinski definition) is 2. The zero-order valence-electron chi connectivity index (χ0n) is 12.3. The van der Waals surface area contributed by atoms with Crippen LogP contribution in [0.4, 0.5) is 5.69 Å². The third kappa shape index (κ3) is 2.02. The van der Waals surface area contributed by atoms with Crippen molar-refractivity contribution in [2.75, 3.05) is 5.01 Å². The fourth-order valence-corrected chi connectivity index (χ4v) is 2.92. The molecule has 0 aliphatic carbocycles. The predicted molar refractivity (Wildman–Crippen MR) is 91.9 cm³/mol. The van der Waals surface area contributed by atoms with Crippen LogP contribution in [0.25, 0.3) is 22.9 Å². The molecule has 0 saturated carbocycles. The fraction of sp³-hybridized carbons (Fsp3) is 0. The quantitative estimate of drug-likeness (QED) is 0.564. The first kappa shape index (κ1) is 13.3. The molecule has 5 nitrogen and oxygen atoms in total. The molecule has 0 bridgehead atoms. The molecule has 2 N–H and O–H groups in total. The highest BCUT2D eigenvalue weighted by atomic mass is 16.2. The molecule has 1 aliphatic heterocycles. The van der Waals surface area contributed by atoms with Crippen molar-refractivity contribution in [1.29, 1.82) is 0 Å². The van der Waals surface area contributed by atoms with Gasteiger partial charge in [-0.15, -0.1) is 0 Å². The summed E-state index contributed by atoms with van der Waals surface area (Å²) in [6.45, 7) is 3.53. The van der Waals surface area contributed by atoms with Crippen molar-refractivity contribution >= 4 is 30.0 Å². The average Bonchev–Trinajstić information content (AvgIpc) is 3.30. The van der Waals surface area contributed by atoms with Gasteiger partial charge in [0.1, 0.15) is 0 Å². The molecular weight excluding hydrogens is 288 g/mol. The van der Waals surface area contributed by atoms with Crippen LogP contribution in [-0.2, 0) is 4.79 Å². The molecule has 23 heavy (non-hydrogen) atoms. The first-order valence-corrected chi connectivity index (χ1v) is 7.23. The molecule has 0 unspecified atom stereocenters. The lowest BCUT2D eigenvalue weighted by Crippen LogP contribution is -2.18. The van der Waals surface area contributed by atoms with Gasteiger partial charge in [0.2, 0.25) is 0 Å². The summed E-state index contributed by atoms with van der Waals surface area (Å²) in [6.07, 6.45) is 5.54. The Bertz CT molecular complexity index is 905. The Morgan fingerprint density at radius 2 is 1.87 bits per heavy atom. The summed E-state index contributed by atoms with van der Waals surface area (Å²) in [5.74, 6) is -0.177. The average molecular weight is 302 g/mol. The summed E-state index contributed by atoms with van der Waals surface area (Å²) < 4.78 is 0. The molecule has 2 aromatic heterocycles. The smallest absolute Gasteiger partial charge is 0.279 e. The maximum Gasteiger partial charge on any atom is 0.279 e. The van der Waals surface area contributed by atoms with Gasteiger partial charge in [-0.3, -0.25) is 4.79 Å². The number of fused-ring (bicyclic) bond motifs is 1. The maximum absolute atomic E-state index is 12.7. The van der Waals surface area contributed by atoms with E-state index in [1.54, 1.807) is 0 Å². The molecule has 0 atom stereocenters. The lowest BCUT2D eigenvalue weighted by Gasteiger charge is -2.09. The molecule has 1 amide bonds. The summed E-state index contributed by atoms with van der Waals surface area (Å²) in [6, 6.07) is 13.5. The molecule has 0 saturated heterocycles. The van der Waals surface area contributed by atoms with Crippen molar-refractivity contribution in [2.24, 2.45) is 5.10 Å². The van der Waals surface area contributed by atoms with E-state index in [1.165, 1.54) is 5.01 Å². The van der Waals surface area contributed by atoms with Crippen LogP contribution in [0.3, 0.4) is 0 Å². The number of carbonyl (C=O) groups excluding carboxylic acids is 1. The summed E-state index contributed by atoms with van der Waals surface area (Å²) in [4.78, 5) is 19.0. The van der Waals surface area contributed by atoms with Gasteiger partial charge in [-0.2, -0.15) is 10.1 Å². The number of H-pyrrole nitrogens is 2. The predicted octanol–water partition coefficient (Wildman–Crippen LogP) is 3.51. The Morgan fingerprint density at radius 1 is 1.04 bits per heavy atom. The second kappa shape index (κ2) is 5.14. The molecule has 5 heteroatoms. The van der Waals surface area contributed by atoms with E-state index in [9.17, 15) is 4.79 Å². The monoisotopic (exact) mass is 302 g/mol. The van der Waals surface area contributed by atoms with Gasteiger partial charge in [-0.1, -0.05) is 12.1 Å². The van der Waals surface area contributed by atoms with Gasteiger partial charge < -0.3 is 9.97 Å². The van der Waals surface area contributed by atoms with E-state index in [-0.39, 0.29) is 5.91 Å². The van der Waals surface area contributed by atoms with Crippen LogP contribution >= 0.6 is 0 Å². The Labute approximate surface area is 133 Å². The van der Waals surface area contributed by atoms with Crippen LogP contribution in [0.15, 0.2) is 60.0 Å². The van der Waals surface area contributed by atoms with Gasteiger partial charge in [-0.25, -0.2) is 0 Å². The number of aromatic nitrogens is 2. The number of anilines is 1. The van der Waals surface area contributed by atoms with Crippen molar-refractivity contribution in [1.82, 2.24) is 9.97 Å². The number of hydrazone groups is 1. The number of hydrogen-bond acceptors (Lipinski definition) is 2. The molecular formula is C18H14N4O. The number of rotatable bonds is 3. The van der Waals surface area contributed by atoms with E-state index in [0.29, 0.717) is 5.57 Å². The highest BCUT2D eigenvalue weighted by molar-refractivity contribution is 6.37. The van der Waals surface area contributed by atoms with Crippen LogP contribution < -0.4 is 5.01 Å². The first-order valence-electron chi connectivity index (χ1n) is 7.23. The van der Waals surface area contributed by atoms with E-state index < -0.39 is 0 Å². The minimum atomic E-state index is -0.177. The molecule has 3 aromatic rings. The van der Waals surface area contributed by atoms with Crippen LogP contribution in [-0.4, -0.2) is 22.6 Å². The van der Waals surface area contributed by atoms with Gasteiger partial charge in [0.15, 0.2) is 0 Å². The van der Waals surface area contributed by atoms with Crippen molar-refractivity contribution in [3.05, 3.63) is 66.1 Å². The summed E-state index contributed by atoms with van der Waals surface area (Å²) in [5, 5.41) is 5.23. The maximum atomic E-state index is 12.7. The first-order chi connectivity index (χ1) is 11.3. The van der Waals surface area contributed by atoms with Crippen LogP contribution in [0.1, 0.15) is 11.3 Å². The highest BCUT2D eigenvalue weighted by Gasteiger charge is 2.34. The normalized spacial score (nSPS) is 15.2. The van der Waals surface area contributed by atoms with Crippen molar-refractivity contribution in [3.63, 3.8) is 0 Å². The molecule has 3 heterocycles. The molecule has 1 aromatic carbocycles. The van der Waals surface area contributed by atoms with E-state index in [2.05, 4.69) is 21.8 Å². The Kier molecular flexibility index (Phi) is 2.98. The largest absolute Gasteiger partial charge is 0.362 e. The van der Waals surface area contributed by atoms with Gasteiger partial charge in [0, 0.05) is 41.6 Å². The van der Waals surface area contributed by atoms with Gasteiger partial charge in [0.05, 0.1) is 11.3 Å². The lowest BCUT2D eigenvalue weighted by atomic mass is 9.97. The molecule has 0 spiro atoms. The van der Waals surface area contributed by atoms with Crippen LogP contribution in [0.5, 0.6) is 0 Å². The Balaban J connectivity index is 1.99. The highest BCUT2D eigenvalue weighted by Crippen LogP contribution is 2.43. The fourth-order valence-electron chi connectivity index (χ4n) is 2.92. The minimum Gasteiger partial charge on any atom is -0.362 e. The van der Waals surface area contributed by atoms with Crippen molar-refractivity contribution in [2.45, 2.75) is 0 Å². The standard InChI is InChI=1S/C18H14N4O/c1-19-22-16-8-2-6-13(15-7-4-10-21-15)17(16)14(18(22)23)11-12-5-3-9-20-12/h2-11,20-21H,1H2. The Morgan fingerprint density at radius 3 is 2.57 bits per heavy atom. The van der Waals surface area contributed by atoms with E-state index in [1.807, 2.05) is 60.9 Å². The Hall–Kier alpha value is -3.34. The molecule has 0 radical (unpaired) electrons. The summed E-state index contributed by atoms with van der Waals surface area (Å²) in [7, 11) is 0. The van der Waals surface area contributed by atoms with Crippen molar-refractivity contribution < 1.29 is 4.79 Å². The van der Waals surface area contributed by atoms with E-state index in [4.69, 9.17) is 0 Å². The second-order valence-corrected chi connectivity index (χ2v) is 5.23. The third-order valence-corrected chi connectivity index (χ3v) is 3.91. The minimum absolute atomic E-state index is 0.177. The number of nitrogens with zero attached hydrogens (tertiary/aromatic N) is 2. The second-order valence-electron chi connectivity index (χ2n) is 5.23. The van der Waals surface area contributed by atoms with Gasteiger partial charge >= 0.3 is 0 Å². The number of aromatic amines is 2. The number of nitrogens with one attached hydrogen (secondary N) is 2. The molecule has 1 aliphatic rings. The molecule has 0 fully saturated rings. The lowest BCUT2D eigenvalue weighted by molar-refractivity contribution is -0.112. The zero-order valence-corrected chi connectivity index (χ0v) is 12.3. The zero-order chi connectivity index (χ0) is 15.8. The number of amides is 1.